The first-order valence-corrected chi connectivity index (χ1v) is 8.62. The van der Waals surface area contributed by atoms with Crippen molar-refractivity contribution in [2.24, 2.45) is 5.73 Å². The van der Waals surface area contributed by atoms with Crippen LogP contribution in [0.25, 0.3) is 0 Å². The van der Waals surface area contributed by atoms with Crippen molar-refractivity contribution in [3.05, 3.63) is 51.2 Å². The molecular formula is C13H15ClN2O2S2. The van der Waals surface area contributed by atoms with Crippen LogP contribution in [0, 0.1) is 0 Å². The lowest BCUT2D eigenvalue weighted by atomic mass is 10.2. The minimum absolute atomic E-state index is 0.223. The van der Waals surface area contributed by atoms with E-state index in [4.69, 9.17) is 17.3 Å². The number of sulfonamides is 1. The van der Waals surface area contributed by atoms with E-state index in [-0.39, 0.29) is 6.54 Å². The standard InChI is InChI=1S/C13H15ClN2O2S2/c1-16(9-10-2-4-11(14)5-3-10)20(17,18)13-6-7-19-12(13)8-15/h2-7H,8-9,15H2,1H3. The van der Waals surface area contributed by atoms with Crippen LogP contribution in [0.3, 0.4) is 0 Å². The number of benzene rings is 1. The van der Waals surface area contributed by atoms with Crippen LogP contribution in [0.5, 0.6) is 0 Å². The van der Waals surface area contributed by atoms with Crippen LogP contribution < -0.4 is 5.73 Å². The van der Waals surface area contributed by atoms with E-state index in [1.807, 2.05) is 12.1 Å². The van der Waals surface area contributed by atoms with Gasteiger partial charge in [-0.1, -0.05) is 23.7 Å². The molecule has 0 aliphatic heterocycles. The largest absolute Gasteiger partial charge is 0.326 e. The maximum absolute atomic E-state index is 12.5. The number of halogens is 1. The van der Waals surface area contributed by atoms with Crippen molar-refractivity contribution >= 4 is 33.0 Å². The first kappa shape index (κ1) is 15.5. The Morgan fingerprint density at radius 2 is 1.90 bits per heavy atom. The number of nitrogens with two attached hydrogens (primary N) is 1. The number of hydrogen-bond acceptors (Lipinski definition) is 4. The molecule has 20 heavy (non-hydrogen) atoms. The lowest BCUT2D eigenvalue weighted by Gasteiger charge is -2.17. The lowest BCUT2D eigenvalue weighted by Crippen LogP contribution is -2.27. The van der Waals surface area contributed by atoms with E-state index in [0.29, 0.717) is 21.3 Å². The van der Waals surface area contributed by atoms with E-state index in [9.17, 15) is 8.42 Å². The molecule has 0 saturated heterocycles. The molecule has 0 aliphatic carbocycles. The molecule has 0 atom stereocenters. The van der Waals surface area contributed by atoms with Crippen molar-refractivity contribution in [2.75, 3.05) is 7.05 Å². The van der Waals surface area contributed by atoms with Gasteiger partial charge in [0.2, 0.25) is 10.0 Å². The van der Waals surface area contributed by atoms with Gasteiger partial charge in [-0.15, -0.1) is 11.3 Å². The quantitative estimate of drug-likeness (QED) is 0.916. The molecule has 0 bridgehead atoms. The van der Waals surface area contributed by atoms with E-state index >= 15 is 0 Å². The summed E-state index contributed by atoms with van der Waals surface area (Å²) in [5.41, 5.74) is 6.45. The molecule has 2 aromatic rings. The first-order valence-electron chi connectivity index (χ1n) is 5.92. The minimum atomic E-state index is -3.52. The first-order chi connectivity index (χ1) is 9.45. The highest BCUT2D eigenvalue weighted by Gasteiger charge is 2.24. The van der Waals surface area contributed by atoms with E-state index < -0.39 is 10.0 Å². The van der Waals surface area contributed by atoms with Gasteiger partial charge in [0.05, 0.1) is 4.90 Å². The molecule has 0 amide bonds. The number of rotatable bonds is 5. The molecule has 0 saturated carbocycles. The molecule has 2 rings (SSSR count). The Bertz CT molecular complexity index is 681. The average Bonchev–Trinajstić information content (AvgIpc) is 2.90. The smallest absolute Gasteiger partial charge is 0.244 e. The molecule has 1 aromatic carbocycles. The van der Waals surface area contributed by atoms with Crippen LogP contribution in [-0.4, -0.2) is 19.8 Å². The van der Waals surface area contributed by atoms with Crippen LogP contribution in [0.4, 0.5) is 0 Å². The molecule has 2 N–H and O–H groups in total. The van der Waals surface area contributed by atoms with Gasteiger partial charge < -0.3 is 5.73 Å². The van der Waals surface area contributed by atoms with Crippen molar-refractivity contribution in [3.8, 4) is 0 Å². The molecule has 0 unspecified atom stereocenters. The van der Waals surface area contributed by atoms with Crippen LogP contribution >= 0.6 is 22.9 Å². The second-order valence-corrected chi connectivity index (χ2v) is 7.75. The molecule has 4 nitrogen and oxygen atoms in total. The predicted molar refractivity (Wildman–Crippen MR) is 82.3 cm³/mol. The van der Waals surface area contributed by atoms with Gasteiger partial charge in [0.15, 0.2) is 0 Å². The summed E-state index contributed by atoms with van der Waals surface area (Å²) >= 11 is 7.17. The van der Waals surface area contributed by atoms with Gasteiger partial charge in [0, 0.05) is 30.0 Å². The van der Waals surface area contributed by atoms with E-state index in [1.165, 1.54) is 15.6 Å². The van der Waals surface area contributed by atoms with Crippen LogP contribution in [0.1, 0.15) is 10.4 Å². The summed E-state index contributed by atoms with van der Waals surface area (Å²) in [7, 11) is -1.96. The van der Waals surface area contributed by atoms with Gasteiger partial charge >= 0.3 is 0 Å². The molecular weight excluding hydrogens is 316 g/mol. The van der Waals surface area contributed by atoms with Crippen molar-refractivity contribution in [1.82, 2.24) is 4.31 Å². The molecule has 1 heterocycles. The van der Waals surface area contributed by atoms with Crippen molar-refractivity contribution < 1.29 is 8.42 Å². The normalized spacial score (nSPS) is 12.0. The predicted octanol–water partition coefficient (Wildman–Crippen LogP) is 2.68. The fraction of sp³-hybridized carbons (Fsp3) is 0.231. The van der Waals surface area contributed by atoms with Crippen molar-refractivity contribution in [1.29, 1.82) is 0 Å². The zero-order chi connectivity index (χ0) is 14.8. The van der Waals surface area contributed by atoms with Crippen LogP contribution in [0.2, 0.25) is 5.02 Å². The Labute approximate surface area is 127 Å². The maximum Gasteiger partial charge on any atom is 0.244 e. The highest BCUT2D eigenvalue weighted by molar-refractivity contribution is 7.89. The average molecular weight is 331 g/mol. The summed E-state index contributed by atoms with van der Waals surface area (Å²) < 4.78 is 26.3. The monoisotopic (exact) mass is 330 g/mol. The third-order valence-electron chi connectivity index (χ3n) is 2.90. The Morgan fingerprint density at radius 1 is 1.25 bits per heavy atom. The third-order valence-corrected chi connectivity index (χ3v) is 6.11. The molecule has 0 fully saturated rings. The second-order valence-electron chi connectivity index (χ2n) is 4.30. The van der Waals surface area contributed by atoms with Crippen molar-refractivity contribution in [2.45, 2.75) is 18.0 Å². The SMILES string of the molecule is CN(Cc1ccc(Cl)cc1)S(=O)(=O)c1ccsc1CN. The van der Waals surface area contributed by atoms with E-state index in [1.54, 1.807) is 30.6 Å². The summed E-state index contributed by atoms with van der Waals surface area (Å²) in [5, 5.41) is 2.37. The summed E-state index contributed by atoms with van der Waals surface area (Å²) in [6, 6.07) is 8.71. The number of hydrogen-bond donors (Lipinski definition) is 1. The summed E-state index contributed by atoms with van der Waals surface area (Å²) in [5.74, 6) is 0. The molecule has 108 valence electrons. The Morgan fingerprint density at radius 3 is 2.50 bits per heavy atom. The van der Waals surface area contributed by atoms with Gasteiger partial charge in [-0.05, 0) is 29.1 Å². The van der Waals surface area contributed by atoms with Gasteiger partial charge in [-0.3, -0.25) is 0 Å². The summed E-state index contributed by atoms with van der Waals surface area (Å²) in [4.78, 5) is 0.967. The summed E-state index contributed by atoms with van der Waals surface area (Å²) in [6.45, 7) is 0.514. The fourth-order valence-electron chi connectivity index (χ4n) is 1.81. The molecule has 7 heteroatoms. The fourth-order valence-corrected chi connectivity index (χ4v) is 4.39. The van der Waals surface area contributed by atoms with Crippen LogP contribution in [0.15, 0.2) is 40.6 Å². The Hall–Kier alpha value is -0.920. The topological polar surface area (TPSA) is 63.4 Å². The number of nitrogens with zero attached hydrogens (tertiary/aromatic N) is 1. The number of thiophene rings is 1. The third kappa shape index (κ3) is 3.21. The zero-order valence-electron chi connectivity index (χ0n) is 10.9. The molecule has 1 aromatic heterocycles. The molecule has 0 spiro atoms. The minimum Gasteiger partial charge on any atom is -0.326 e. The second kappa shape index (κ2) is 6.24. The Balaban J connectivity index is 2.23. The highest BCUT2D eigenvalue weighted by atomic mass is 35.5. The van der Waals surface area contributed by atoms with E-state index in [2.05, 4.69) is 0 Å². The maximum atomic E-state index is 12.5. The molecule has 0 radical (unpaired) electrons. The van der Waals surface area contributed by atoms with Crippen molar-refractivity contribution in [3.63, 3.8) is 0 Å². The van der Waals surface area contributed by atoms with Gasteiger partial charge in [-0.25, -0.2) is 8.42 Å². The lowest BCUT2D eigenvalue weighted by molar-refractivity contribution is 0.466. The van der Waals surface area contributed by atoms with Gasteiger partial charge in [0.25, 0.3) is 0 Å². The van der Waals surface area contributed by atoms with Crippen LogP contribution in [-0.2, 0) is 23.1 Å². The highest BCUT2D eigenvalue weighted by Crippen LogP contribution is 2.25. The zero-order valence-corrected chi connectivity index (χ0v) is 13.3. The van der Waals surface area contributed by atoms with Gasteiger partial charge in [-0.2, -0.15) is 4.31 Å². The summed E-state index contributed by atoms with van der Waals surface area (Å²) in [6.07, 6.45) is 0. The molecule has 0 aliphatic rings. The van der Waals surface area contributed by atoms with Gasteiger partial charge in [0.1, 0.15) is 0 Å². The Kier molecular flexibility index (Phi) is 4.82. The van der Waals surface area contributed by atoms with E-state index in [0.717, 1.165) is 5.56 Å².